The van der Waals surface area contributed by atoms with Gasteiger partial charge in [0.15, 0.2) is 0 Å². The summed E-state index contributed by atoms with van der Waals surface area (Å²) in [6.07, 6.45) is 6.45. The van der Waals surface area contributed by atoms with Crippen LogP contribution >= 0.6 is 46.4 Å². The molecular formula is C23H21Cl4NO4. The standard InChI is InChI=1S/C23H21Cl4NO4/c1-2-3-4-5-6-7-11-32-23(31)13-9-8-10-14(12-13)28-21(29)15-16(22(28)30)18(25)20(27)19(26)17(15)24/h8-10,12H,2-7,11H2,1H3. The highest BCUT2D eigenvalue weighted by Crippen LogP contribution is 2.45. The van der Waals surface area contributed by atoms with Crippen molar-refractivity contribution in [2.75, 3.05) is 11.5 Å². The number of ether oxygens (including phenoxy) is 1. The number of esters is 1. The smallest absolute Gasteiger partial charge is 0.338 e. The fourth-order valence-corrected chi connectivity index (χ4v) is 4.50. The van der Waals surface area contributed by atoms with Crippen molar-refractivity contribution in [2.24, 2.45) is 0 Å². The zero-order chi connectivity index (χ0) is 23.4. The first kappa shape index (κ1) is 24.8. The number of unbranched alkanes of at least 4 members (excludes halogenated alkanes) is 5. The van der Waals surface area contributed by atoms with Crippen molar-refractivity contribution in [2.45, 2.75) is 45.4 Å². The van der Waals surface area contributed by atoms with E-state index < -0.39 is 17.8 Å². The Labute approximate surface area is 206 Å². The van der Waals surface area contributed by atoms with Gasteiger partial charge in [0.25, 0.3) is 11.8 Å². The summed E-state index contributed by atoms with van der Waals surface area (Å²) in [5, 5.41) is -0.503. The van der Waals surface area contributed by atoms with Gasteiger partial charge in [-0.15, -0.1) is 0 Å². The summed E-state index contributed by atoms with van der Waals surface area (Å²) in [4.78, 5) is 39.3. The molecule has 0 atom stereocenters. The highest BCUT2D eigenvalue weighted by molar-refractivity contribution is 6.56. The van der Waals surface area contributed by atoms with Crippen molar-refractivity contribution in [1.82, 2.24) is 0 Å². The maximum Gasteiger partial charge on any atom is 0.338 e. The van der Waals surface area contributed by atoms with E-state index in [1.165, 1.54) is 31.4 Å². The summed E-state index contributed by atoms with van der Waals surface area (Å²) in [7, 11) is 0. The molecule has 0 bridgehead atoms. The molecule has 32 heavy (non-hydrogen) atoms. The molecule has 170 valence electrons. The first-order valence-corrected chi connectivity index (χ1v) is 11.8. The lowest BCUT2D eigenvalue weighted by molar-refractivity contribution is 0.0497. The molecule has 2 amide bonds. The van der Waals surface area contributed by atoms with Gasteiger partial charge >= 0.3 is 5.97 Å². The van der Waals surface area contributed by atoms with Crippen molar-refractivity contribution in [1.29, 1.82) is 0 Å². The Bertz CT molecular complexity index is 1020. The molecule has 0 aromatic heterocycles. The lowest BCUT2D eigenvalue weighted by atomic mass is 10.1. The first-order valence-electron chi connectivity index (χ1n) is 10.3. The number of fused-ring (bicyclic) bond motifs is 1. The number of benzene rings is 2. The molecule has 0 unspecified atom stereocenters. The van der Waals surface area contributed by atoms with Crippen LogP contribution in [0.2, 0.25) is 20.1 Å². The number of anilines is 1. The molecule has 0 N–H and O–H groups in total. The van der Waals surface area contributed by atoms with E-state index in [0.29, 0.717) is 6.61 Å². The molecule has 1 heterocycles. The Morgan fingerprint density at radius 2 is 1.41 bits per heavy atom. The minimum atomic E-state index is -0.701. The van der Waals surface area contributed by atoms with Crippen LogP contribution < -0.4 is 4.90 Å². The first-order chi connectivity index (χ1) is 15.3. The van der Waals surface area contributed by atoms with Gasteiger partial charge in [-0.1, -0.05) is 91.5 Å². The quantitative estimate of drug-likeness (QED) is 0.113. The summed E-state index contributed by atoms with van der Waals surface area (Å²) in [6, 6.07) is 6.05. The number of imide groups is 1. The molecule has 2 aromatic rings. The normalized spacial score (nSPS) is 13.0. The molecule has 0 radical (unpaired) electrons. The molecule has 9 heteroatoms. The predicted molar refractivity (Wildman–Crippen MR) is 128 cm³/mol. The Balaban J connectivity index is 1.75. The van der Waals surface area contributed by atoms with Crippen molar-refractivity contribution < 1.29 is 19.1 Å². The van der Waals surface area contributed by atoms with Gasteiger partial charge < -0.3 is 4.74 Å². The Morgan fingerprint density at radius 3 is 2.00 bits per heavy atom. The topological polar surface area (TPSA) is 63.7 Å². The van der Waals surface area contributed by atoms with Crippen LogP contribution in [0.5, 0.6) is 0 Å². The van der Waals surface area contributed by atoms with Crippen LogP contribution in [0, 0.1) is 0 Å². The summed E-state index contributed by atoms with van der Waals surface area (Å²) in [5.74, 6) is -1.93. The number of halogens is 4. The summed E-state index contributed by atoms with van der Waals surface area (Å²) < 4.78 is 5.33. The second-order valence-electron chi connectivity index (χ2n) is 7.41. The molecule has 0 saturated heterocycles. The molecule has 5 nitrogen and oxygen atoms in total. The molecule has 2 aromatic carbocycles. The highest BCUT2D eigenvalue weighted by Gasteiger charge is 2.42. The van der Waals surface area contributed by atoms with Crippen LogP contribution in [-0.4, -0.2) is 24.4 Å². The van der Waals surface area contributed by atoms with E-state index in [1.54, 1.807) is 12.1 Å². The van der Waals surface area contributed by atoms with Gasteiger partial charge in [-0.05, 0) is 24.6 Å². The van der Waals surface area contributed by atoms with E-state index in [2.05, 4.69) is 6.92 Å². The monoisotopic (exact) mass is 515 g/mol. The lowest BCUT2D eigenvalue weighted by Crippen LogP contribution is -2.29. The molecule has 1 aliphatic heterocycles. The van der Waals surface area contributed by atoms with Crippen LogP contribution in [0.3, 0.4) is 0 Å². The Hall–Kier alpha value is -1.79. The van der Waals surface area contributed by atoms with Crippen LogP contribution in [0.4, 0.5) is 5.69 Å². The number of hydrogen-bond acceptors (Lipinski definition) is 4. The average molecular weight is 517 g/mol. The van der Waals surface area contributed by atoms with E-state index >= 15 is 0 Å². The van der Waals surface area contributed by atoms with Gasteiger partial charge in [-0.2, -0.15) is 0 Å². The number of carbonyl (C=O) groups is 3. The summed E-state index contributed by atoms with van der Waals surface area (Å²) in [6.45, 7) is 2.47. The summed E-state index contributed by atoms with van der Waals surface area (Å²) >= 11 is 24.4. The Morgan fingerprint density at radius 1 is 0.844 bits per heavy atom. The van der Waals surface area contributed by atoms with Gasteiger partial charge in [0.2, 0.25) is 0 Å². The number of amides is 2. The van der Waals surface area contributed by atoms with Gasteiger partial charge in [-0.25, -0.2) is 9.69 Å². The average Bonchev–Trinajstić information content (AvgIpc) is 3.05. The van der Waals surface area contributed by atoms with E-state index in [4.69, 9.17) is 51.1 Å². The molecule has 0 fully saturated rings. The van der Waals surface area contributed by atoms with Crippen molar-refractivity contribution in [3.05, 3.63) is 61.0 Å². The van der Waals surface area contributed by atoms with Gasteiger partial charge in [0.1, 0.15) is 0 Å². The largest absolute Gasteiger partial charge is 0.462 e. The maximum atomic E-state index is 13.0. The van der Waals surface area contributed by atoms with Gasteiger partial charge in [-0.3, -0.25) is 9.59 Å². The molecular weight excluding hydrogens is 496 g/mol. The fourth-order valence-electron chi connectivity index (χ4n) is 3.49. The van der Waals surface area contributed by atoms with Crippen LogP contribution in [0.25, 0.3) is 0 Å². The second-order valence-corrected chi connectivity index (χ2v) is 8.92. The third-order valence-corrected chi connectivity index (χ3v) is 6.97. The molecule has 0 spiro atoms. The van der Waals surface area contributed by atoms with E-state index in [9.17, 15) is 14.4 Å². The molecule has 3 rings (SSSR count). The van der Waals surface area contributed by atoms with Gasteiger partial charge in [0, 0.05) is 0 Å². The minimum absolute atomic E-state index is 0.105. The van der Waals surface area contributed by atoms with Crippen LogP contribution in [-0.2, 0) is 4.74 Å². The number of carbonyl (C=O) groups excluding carboxylic acids is 3. The van der Waals surface area contributed by atoms with Crippen LogP contribution in [0.1, 0.15) is 76.5 Å². The predicted octanol–water partition coefficient (Wildman–Crippen LogP) is 7.62. The van der Waals surface area contributed by atoms with Crippen LogP contribution in [0.15, 0.2) is 24.3 Å². The van der Waals surface area contributed by atoms with E-state index in [1.807, 2.05) is 0 Å². The molecule has 0 saturated carbocycles. The van der Waals surface area contributed by atoms with Crippen molar-refractivity contribution in [3.63, 3.8) is 0 Å². The summed E-state index contributed by atoms with van der Waals surface area (Å²) in [5.41, 5.74) is 0.169. The fraction of sp³-hybridized carbons (Fsp3) is 0.348. The van der Waals surface area contributed by atoms with E-state index in [-0.39, 0.29) is 42.5 Å². The highest BCUT2D eigenvalue weighted by atomic mass is 35.5. The number of hydrogen-bond donors (Lipinski definition) is 0. The van der Waals surface area contributed by atoms with Crippen molar-refractivity contribution >= 4 is 69.9 Å². The Kier molecular flexibility index (Phi) is 8.45. The molecule has 1 aliphatic rings. The molecule has 0 aliphatic carbocycles. The zero-order valence-electron chi connectivity index (χ0n) is 17.4. The zero-order valence-corrected chi connectivity index (χ0v) is 20.4. The lowest BCUT2D eigenvalue weighted by Gasteiger charge is -2.15. The van der Waals surface area contributed by atoms with E-state index in [0.717, 1.165) is 24.2 Å². The number of rotatable bonds is 9. The second kappa shape index (κ2) is 10.9. The SMILES string of the molecule is CCCCCCCCOC(=O)c1cccc(N2C(=O)c3c(Cl)c(Cl)c(Cl)c(Cl)c3C2=O)c1. The van der Waals surface area contributed by atoms with Crippen molar-refractivity contribution in [3.8, 4) is 0 Å². The third kappa shape index (κ3) is 4.91. The third-order valence-electron chi connectivity index (χ3n) is 5.17. The maximum absolute atomic E-state index is 13.0. The van der Waals surface area contributed by atoms with Gasteiger partial charge in [0.05, 0.1) is 49.1 Å². The number of nitrogens with zero attached hydrogens (tertiary/aromatic N) is 1. The minimum Gasteiger partial charge on any atom is -0.462 e.